The SMILES string of the molecule is CCc1ccc2c(-c3nc(-c4ccccc4)c(-c4ccccc4)c4cc(C)ccc34)nc(-c3ccccc3)c(-c3ccccc3)c2c1. The van der Waals surface area contributed by atoms with Gasteiger partial charge in [-0.05, 0) is 40.8 Å². The molecule has 6 aromatic carbocycles. The molecule has 2 heterocycles. The summed E-state index contributed by atoms with van der Waals surface area (Å²) >= 11 is 0. The minimum Gasteiger partial charge on any atom is -0.245 e. The van der Waals surface area contributed by atoms with E-state index in [1.54, 1.807) is 0 Å². The maximum absolute atomic E-state index is 5.62. The van der Waals surface area contributed by atoms with E-state index in [1.807, 2.05) is 0 Å². The molecule has 0 aliphatic carbocycles. The van der Waals surface area contributed by atoms with Gasteiger partial charge in [0.25, 0.3) is 0 Å². The third-order valence-corrected chi connectivity index (χ3v) is 9.08. The van der Waals surface area contributed by atoms with Gasteiger partial charge in [-0.15, -0.1) is 0 Å². The standard InChI is InChI=1S/C45H34N2/c1-3-31-25-27-37-39(29-31)41(33-18-10-5-11-19-33)43(35-22-14-7-15-23-35)47-45(37)44-36-26-24-30(2)28-38(36)40(32-16-8-4-9-17-32)42(46-44)34-20-12-6-13-21-34/h4-29H,3H2,1-2H3. The number of pyridine rings is 2. The number of hydrogen-bond acceptors (Lipinski definition) is 2. The number of rotatable bonds is 6. The lowest BCUT2D eigenvalue weighted by atomic mass is 9.88. The van der Waals surface area contributed by atoms with E-state index < -0.39 is 0 Å². The Labute approximate surface area is 276 Å². The van der Waals surface area contributed by atoms with Crippen molar-refractivity contribution in [1.29, 1.82) is 0 Å². The molecule has 2 aromatic heterocycles. The van der Waals surface area contributed by atoms with E-state index in [4.69, 9.17) is 9.97 Å². The van der Waals surface area contributed by atoms with Crippen LogP contribution < -0.4 is 0 Å². The van der Waals surface area contributed by atoms with Gasteiger partial charge in [0, 0.05) is 33.0 Å². The highest BCUT2D eigenvalue weighted by atomic mass is 14.8. The monoisotopic (exact) mass is 602 g/mol. The Balaban J connectivity index is 1.55. The predicted octanol–water partition coefficient (Wildman–Crippen LogP) is 12.0. The fourth-order valence-corrected chi connectivity index (χ4v) is 6.77. The number of nitrogens with zero attached hydrogens (tertiary/aromatic N) is 2. The predicted molar refractivity (Wildman–Crippen MR) is 198 cm³/mol. The van der Waals surface area contributed by atoms with Crippen LogP contribution in [0.2, 0.25) is 0 Å². The largest absolute Gasteiger partial charge is 0.245 e. The van der Waals surface area contributed by atoms with Crippen molar-refractivity contribution in [2.24, 2.45) is 0 Å². The summed E-state index contributed by atoms with van der Waals surface area (Å²) in [5.41, 5.74) is 13.0. The van der Waals surface area contributed by atoms with Crippen molar-refractivity contribution in [3.8, 4) is 56.2 Å². The molecule has 0 unspecified atom stereocenters. The second kappa shape index (κ2) is 12.2. The average Bonchev–Trinajstić information content (AvgIpc) is 3.14. The molecular formula is C45H34N2. The van der Waals surface area contributed by atoms with Gasteiger partial charge in [0.2, 0.25) is 0 Å². The average molecular weight is 603 g/mol. The second-order valence-electron chi connectivity index (χ2n) is 12.1. The number of aromatic nitrogens is 2. The molecule has 0 bridgehead atoms. The molecule has 224 valence electrons. The summed E-state index contributed by atoms with van der Waals surface area (Å²) in [5, 5.41) is 4.55. The fraction of sp³-hybridized carbons (Fsp3) is 0.0667. The molecule has 0 atom stereocenters. The molecule has 8 aromatic rings. The Kier molecular flexibility index (Phi) is 7.39. The van der Waals surface area contributed by atoms with Crippen molar-refractivity contribution >= 4 is 21.5 Å². The van der Waals surface area contributed by atoms with Crippen molar-refractivity contribution in [1.82, 2.24) is 9.97 Å². The van der Waals surface area contributed by atoms with Gasteiger partial charge < -0.3 is 0 Å². The number of fused-ring (bicyclic) bond motifs is 2. The zero-order chi connectivity index (χ0) is 31.7. The zero-order valence-electron chi connectivity index (χ0n) is 26.6. The molecule has 47 heavy (non-hydrogen) atoms. The van der Waals surface area contributed by atoms with Crippen molar-refractivity contribution in [3.05, 3.63) is 169 Å². The molecule has 0 radical (unpaired) electrons. The summed E-state index contributed by atoms with van der Waals surface area (Å²) in [4.78, 5) is 11.2. The van der Waals surface area contributed by atoms with Crippen molar-refractivity contribution in [2.45, 2.75) is 20.3 Å². The third kappa shape index (κ3) is 5.18. The highest BCUT2D eigenvalue weighted by Gasteiger charge is 2.23. The number of hydrogen-bond donors (Lipinski definition) is 0. The summed E-state index contributed by atoms with van der Waals surface area (Å²) in [6.07, 6.45) is 0.951. The Morgan fingerprint density at radius 1 is 0.383 bits per heavy atom. The van der Waals surface area contributed by atoms with Crippen LogP contribution in [0.3, 0.4) is 0 Å². The van der Waals surface area contributed by atoms with Gasteiger partial charge in [-0.2, -0.15) is 0 Å². The lowest BCUT2D eigenvalue weighted by Crippen LogP contribution is -2.01. The summed E-state index contributed by atoms with van der Waals surface area (Å²) in [5.74, 6) is 0. The first-order valence-electron chi connectivity index (χ1n) is 16.3. The first kappa shape index (κ1) is 28.6. The smallest absolute Gasteiger partial charge is 0.0979 e. The fourth-order valence-electron chi connectivity index (χ4n) is 6.77. The highest BCUT2D eigenvalue weighted by Crippen LogP contribution is 2.45. The summed E-state index contributed by atoms with van der Waals surface area (Å²) in [7, 11) is 0. The van der Waals surface area contributed by atoms with E-state index in [1.165, 1.54) is 21.9 Å². The first-order valence-corrected chi connectivity index (χ1v) is 16.3. The van der Waals surface area contributed by atoms with Crippen LogP contribution >= 0.6 is 0 Å². The van der Waals surface area contributed by atoms with Crippen LogP contribution in [-0.4, -0.2) is 9.97 Å². The van der Waals surface area contributed by atoms with Crippen molar-refractivity contribution < 1.29 is 0 Å². The van der Waals surface area contributed by atoms with Gasteiger partial charge in [0.05, 0.1) is 22.8 Å². The van der Waals surface area contributed by atoms with Gasteiger partial charge in [0.15, 0.2) is 0 Å². The molecule has 2 nitrogen and oxygen atoms in total. The van der Waals surface area contributed by atoms with Crippen LogP contribution in [0.5, 0.6) is 0 Å². The first-order chi connectivity index (χ1) is 23.2. The van der Waals surface area contributed by atoms with Gasteiger partial charge in [-0.1, -0.05) is 170 Å². The van der Waals surface area contributed by atoms with E-state index in [9.17, 15) is 0 Å². The molecule has 8 rings (SSSR count). The van der Waals surface area contributed by atoms with Crippen LogP contribution in [0.4, 0.5) is 0 Å². The molecule has 0 aliphatic rings. The molecule has 0 N–H and O–H groups in total. The molecule has 0 saturated heterocycles. The molecule has 0 spiro atoms. The van der Waals surface area contributed by atoms with Gasteiger partial charge in [0.1, 0.15) is 0 Å². The summed E-state index contributed by atoms with van der Waals surface area (Å²) < 4.78 is 0. The van der Waals surface area contributed by atoms with Gasteiger partial charge in [-0.25, -0.2) is 9.97 Å². The quantitative estimate of drug-likeness (QED) is 0.189. The van der Waals surface area contributed by atoms with Crippen LogP contribution in [-0.2, 0) is 6.42 Å². The molecule has 2 heteroatoms. The Morgan fingerprint density at radius 3 is 1.23 bits per heavy atom. The zero-order valence-corrected chi connectivity index (χ0v) is 26.6. The maximum Gasteiger partial charge on any atom is 0.0979 e. The molecular weight excluding hydrogens is 569 g/mol. The second-order valence-corrected chi connectivity index (χ2v) is 12.1. The molecule has 0 amide bonds. The Bertz CT molecular complexity index is 2360. The third-order valence-electron chi connectivity index (χ3n) is 9.08. The molecule has 0 saturated carbocycles. The van der Waals surface area contributed by atoms with Crippen LogP contribution in [0.25, 0.3) is 77.7 Å². The van der Waals surface area contributed by atoms with Crippen LogP contribution in [0.1, 0.15) is 18.1 Å². The molecule has 0 aliphatic heterocycles. The Hall–Kier alpha value is -5.86. The van der Waals surface area contributed by atoms with E-state index in [0.717, 1.165) is 73.3 Å². The van der Waals surface area contributed by atoms with Gasteiger partial charge >= 0.3 is 0 Å². The number of aryl methyl sites for hydroxylation is 2. The lowest BCUT2D eigenvalue weighted by molar-refractivity contribution is 1.15. The van der Waals surface area contributed by atoms with Crippen LogP contribution in [0.15, 0.2) is 158 Å². The van der Waals surface area contributed by atoms with Gasteiger partial charge in [-0.3, -0.25) is 0 Å². The number of benzene rings is 6. The summed E-state index contributed by atoms with van der Waals surface area (Å²) in [6.45, 7) is 4.38. The summed E-state index contributed by atoms with van der Waals surface area (Å²) in [6, 6.07) is 56.1. The minimum atomic E-state index is 0.893. The Morgan fingerprint density at radius 2 is 0.787 bits per heavy atom. The van der Waals surface area contributed by atoms with Crippen molar-refractivity contribution in [3.63, 3.8) is 0 Å². The van der Waals surface area contributed by atoms with E-state index >= 15 is 0 Å². The van der Waals surface area contributed by atoms with E-state index in [2.05, 4.69) is 172 Å². The lowest BCUT2D eigenvalue weighted by Gasteiger charge is -2.20. The molecule has 0 fully saturated rings. The van der Waals surface area contributed by atoms with Crippen LogP contribution in [0, 0.1) is 6.92 Å². The normalized spacial score (nSPS) is 11.3. The minimum absolute atomic E-state index is 0.893. The maximum atomic E-state index is 5.62. The van der Waals surface area contributed by atoms with E-state index in [-0.39, 0.29) is 0 Å². The van der Waals surface area contributed by atoms with E-state index in [0.29, 0.717) is 0 Å². The topological polar surface area (TPSA) is 25.8 Å². The highest BCUT2D eigenvalue weighted by molar-refractivity contribution is 6.14. The van der Waals surface area contributed by atoms with Crippen molar-refractivity contribution in [2.75, 3.05) is 0 Å².